The molecule has 6 heteroatoms. The average Bonchev–Trinajstić information content (AvgIpc) is 2.81. The lowest BCUT2D eigenvalue weighted by Gasteiger charge is -2.29. The predicted octanol–water partition coefficient (Wildman–Crippen LogP) is 0.780. The maximum absolute atomic E-state index is 5.70. The molecule has 19 heavy (non-hydrogen) atoms. The molecule has 6 nitrogen and oxygen atoms in total. The maximum Gasteiger partial charge on any atom is 0.243 e. The van der Waals surface area contributed by atoms with Gasteiger partial charge >= 0.3 is 0 Å². The zero-order chi connectivity index (χ0) is 13.2. The third-order valence-corrected chi connectivity index (χ3v) is 3.39. The molecule has 0 spiro atoms. The molecule has 1 aliphatic heterocycles. The van der Waals surface area contributed by atoms with E-state index in [4.69, 9.17) is 4.74 Å². The highest BCUT2D eigenvalue weighted by Crippen LogP contribution is 2.10. The van der Waals surface area contributed by atoms with Crippen LogP contribution in [0.3, 0.4) is 0 Å². The summed E-state index contributed by atoms with van der Waals surface area (Å²) in [6.45, 7) is 5.51. The topological polar surface area (TPSA) is 54.7 Å². The first kappa shape index (κ1) is 12.4. The number of anilines is 1. The Morgan fingerprint density at radius 2 is 2.42 bits per heavy atom. The van der Waals surface area contributed by atoms with Gasteiger partial charge in [0.25, 0.3) is 0 Å². The number of hydrogen-bond donors (Lipinski definition) is 1. The first-order valence-electron chi connectivity index (χ1n) is 6.58. The fourth-order valence-electron chi connectivity index (χ4n) is 2.31. The molecule has 2 aromatic rings. The second-order valence-corrected chi connectivity index (χ2v) is 5.03. The van der Waals surface area contributed by atoms with Crippen LogP contribution in [0.5, 0.6) is 0 Å². The summed E-state index contributed by atoms with van der Waals surface area (Å²) in [5.74, 6) is 0.658. The summed E-state index contributed by atoms with van der Waals surface area (Å²) in [5, 5.41) is 7.66. The van der Waals surface area contributed by atoms with Crippen molar-refractivity contribution in [2.45, 2.75) is 13.0 Å². The van der Waals surface area contributed by atoms with E-state index in [1.165, 1.54) is 0 Å². The molecule has 1 unspecified atom stereocenters. The van der Waals surface area contributed by atoms with Crippen molar-refractivity contribution >= 4 is 11.6 Å². The summed E-state index contributed by atoms with van der Waals surface area (Å²) in [6, 6.07) is 4.01. The van der Waals surface area contributed by atoms with Crippen LogP contribution in [0.25, 0.3) is 5.65 Å². The van der Waals surface area contributed by atoms with E-state index in [0.717, 1.165) is 37.5 Å². The van der Waals surface area contributed by atoms with Gasteiger partial charge in [-0.15, -0.1) is 5.10 Å². The summed E-state index contributed by atoms with van der Waals surface area (Å²) in [6.07, 6.45) is 2.11. The van der Waals surface area contributed by atoms with Crippen molar-refractivity contribution in [2.24, 2.45) is 0 Å². The normalized spacial score (nSPS) is 20.8. The third kappa shape index (κ3) is 2.69. The standard InChI is InChI=1S/C13H19N5O/c1-10-4-3-5-18-12(10)15-13(16-18)14-8-11-9-17(2)6-7-19-11/h3-5,11H,6-9H2,1-2H3,(H,14,16). The van der Waals surface area contributed by atoms with Crippen LogP contribution in [-0.2, 0) is 4.74 Å². The highest BCUT2D eigenvalue weighted by molar-refractivity contribution is 5.49. The SMILES string of the molecule is Cc1cccn2nc(NCC3CN(C)CCO3)nc12. The number of pyridine rings is 1. The van der Waals surface area contributed by atoms with Gasteiger partial charge < -0.3 is 15.0 Å². The molecule has 2 aromatic heterocycles. The van der Waals surface area contributed by atoms with Crippen molar-refractivity contribution < 1.29 is 4.74 Å². The van der Waals surface area contributed by atoms with Crippen molar-refractivity contribution in [3.05, 3.63) is 23.9 Å². The van der Waals surface area contributed by atoms with Gasteiger partial charge in [0.2, 0.25) is 5.95 Å². The molecule has 0 bridgehead atoms. The predicted molar refractivity (Wildman–Crippen MR) is 73.5 cm³/mol. The Morgan fingerprint density at radius 3 is 3.21 bits per heavy atom. The van der Waals surface area contributed by atoms with Gasteiger partial charge in [-0.3, -0.25) is 0 Å². The second-order valence-electron chi connectivity index (χ2n) is 5.03. The average molecular weight is 261 g/mol. The summed E-state index contributed by atoms with van der Waals surface area (Å²) in [4.78, 5) is 6.76. The summed E-state index contributed by atoms with van der Waals surface area (Å²) < 4.78 is 7.50. The lowest BCUT2D eigenvalue weighted by Crippen LogP contribution is -2.43. The number of aromatic nitrogens is 3. The van der Waals surface area contributed by atoms with E-state index in [-0.39, 0.29) is 6.10 Å². The Morgan fingerprint density at radius 1 is 1.53 bits per heavy atom. The van der Waals surface area contributed by atoms with Crippen LogP contribution >= 0.6 is 0 Å². The van der Waals surface area contributed by atoms with E-state index in [2.05, 4.69) is 27.3 Å². The second kappa shape index (κ2) is 5.14. The molecule has 0 aromatic carbocycles. The molecule has 0 radical (unpaired) electrons. The first-order valence-corrected chi connectivity index (χ1v) is 6.58. The van der Waals surface area contributed by atoms with Gasteiger partial charge in [-0.1, -0.05) is 6.07 Å². The van der Waals surface area contributed by atoms with Crippen LogP contribution in [0, 0.1) is 6.92 Å². The van der Waals surface area contributed by atoms with Crippen molar-refractivity contribution in [3.8, 4) is 0 Å². The molecule has 1 atom stereocenters. The molecule has 0 amide bonds. The van der Waals surface area contributed by atoms with E-state index in [1.807, 2.05) is 25.3 Å². The number of hydrogen-bond acceptors (Lipinski definition) is 5. The number of nitrogens with zero attached hydrogens (tertiary/aromatic N) is 4. The quantitative estimate of drug-likeness (QED) is 0.885. The smallest absolute Gasteiger partial charge is 0.243 e. The number of rotatable bonds is 3. The minimum atomic E-state index is 0.200. The number of nitrogens with one attached hydrogen (secondary N) is 1. The molecule has 102 valence electrons. The van der Waals surface area contributed by atoms with Crippen molar-refractivity contribution in [3.63, 3.8) is 0 Å². The lowest BCUT2D eigenvalue weighted by molar-refractivity contribution is -0.0117. The van der Waals surface area contributed by atoms with Crippen molar-refractivity contribution in [2.75, 3.05) is 38.6 Å². The molecule has 1 aliphatic rings. The van der Waals surface area contributed by atoms with Crippen molar-refractivity contribution in [1.29, 1.82) is 0 Å². The molecular weight excluding hydrogens is 242 g/mol. The van der Waals surface area contributed by atoms with Crippen LogP contribution in [-0.4, -0.2) is 58.9 Å². The highest BCUT2D eigenvalue weighted by atomic mass is 16.5. The van der Waals surface area contributed by atoms with Crippen LogP contribution in [0.2, 0.25) is 0 Å². The summed E-state index contributed by atoms with van der Waals surface area (Å²) in [5.41, 5.74) is 2.02. The molecule has 1 N–H and O–H groups in total. The Kier molecular flexibility index (Phi) is 3.35. The van der Waals surface area contributed by atoms with Gasteiger partial charge in [0.15, 0.2) is 5.65 Å². The Balaban J connectivity index is 1.66. The number of morpholine rings is 1. The largest absolute Gasteiger partial charge is 0.374 e. The maximum atomic E-state index is 5.70. The number of ether oxygens (including phenoxy) is 1. The van der Waals surface area contributed by atoms with Gasteiger partial charge in [-0.05, 0) is 25.6 Å². The van der Waals surface area contributed by atoms with Gasteiger partial charge in [-0.25, -0.2) is 4.52 Å². The zero-order valence-corrected chi connectivity index (χ0v) is 11.3. The van der Waals surface area contributed by atoms with Crippen LogP contribution in [0.4, 0.5) is 5.95 Å². The molecule has 0 aliphatic carbocycles. The van der Waals surface area contributed by atoms with Gasteiger partial charge in [-0.2, -0.15) is 4.98 Å². The molecule has 1 fully saturated rings. The first-order chi connectivity index (χ1) is 9.22. The van der Waals surface area contributed by atoms with E-state index in [0.29, 0.717) is 5.95 Å². The van der Waals surface area contributed by atoms with Crippen LogP contribution in [0.1, 0.15) is 5.56 Å². The minimum absolute atomic E-state index is 0.200. The summed E-state index contributed by atoms with van der Waals surface area (Å²) >= 11 is 0. The Hall–Kier alpha value is -1.66. The van der Waals surface area contributed by atoms with E-state index >= 15 is 0 Å². The fraction of sp³-hybridized carbons (Fsp3) is 0.538. The number of fused-ring (bicyclic) bond motifs is 1. The van der Waals surface area contributed by atoms with Gasteiger partial charge in [0, 0.05) is 25.8 Å². The van der Waals surface area contributed by atoms with Gasteiger partial charge in [0.1, 0.15) is 0 Å². The zero-order valence-electron chi connectivity index (χ0n) is 11.3. The van der Waals surface area contributed by atoms with Gasteiger partial charge in [0.05, 0.1) is 12.7 Å². The molecule has 1 saturated heterocycles. The summed E-state index contributed by atoms with van der Waals surface area (Å²) in [7, 11) is 2.11. The Labute approximate surface area is 112 Å². The van der Waals surface area contributed by atoms with Crippen LogP contribution in [0.15, 0.2) is 18.3 Å². The fourth-order valence-corrected chi connectivity index (χ4v) is 2.31. The molecule has 3 rings (SSSR count). The number of aryl methyl sites for hydroxylation is 1. The minimum Gasteiger partial charge on any atom is -0.374 e. The monoisotopic (exact) mass is 261 g/mol. The molecular formula is C13H19N5O. The van der Waals surface area contributed by atoms with E-state index in [1.54, 1.807) is 4.52 Å². The van der Waals surface area contributed by atoms with E-state index < -0.39 is 0 Å². The lowest BCUT2D eigenvalue weighted by atomic mass is 10.3. The van der Waals surface area contributed by atoms with Crippen molar-refractivity contribution in [1.82, 2.24) is 19.5 Å². The highest BCUT2D eigenvalue weighted by Gasteiger charge is 2.17. The Bertz CT molecular complexity index is 567. The van der Waals surface area contributed by atoms with Crippen LogP contribution < -0.4 is 5.32 Å². The third-order valence-electron chi connectivity index (χ3n) is 3.39. The van der Waals surface area contributed by atoms with E-state index in [9.17, 15) is 0 Å². The molecule has 3 heterocycles. The molecule has 0 saturated carbocycles. The number of likely N-dealkylation sites (N-methyl/N-ethyl adjacent to an activating group) is 1.